The maximum Gasteiger partial charge on any atom is 0.132 e. The van der Waals surface area contributed by atoms with Crippen molar-refractivity contribution in [3.05, 3.63) is 35.9 Å². The van der Waals surface area contributed by atoms with E-state index in [1.807, 2.05) is 20.8 Å². The summed E-state index contributed by atoms with van der Waals surface area (Å²) in [6, 6.07) is 6.30. The van der Waals surface area contributed by atoms with Gasteiger partial charge in [0.25, 0.3) is 0 Å². The molecule has 1 aromatic carbocycles. The molecule has 0 radical (unpaired) electrons. The smallest absolute Gasteiger partial charge is 0.132 e. The van der Waals surface area contributed by atoms with Crippen LogP contribution in [0.4, 0.5) is 5.69 Å². The Balaban J connectivity index is 3.10. The Labute approximate surface area is 98.3 Å². The van der Waals surface area contributed by atoms with Gasteiger partial charge < -0.3 is 10.1 Å². The van der Waals surface area contributed by atoms with Gasteiger partial charge in [-0.15, -0.1) is 0 Å². The van der Waals surface area contributed by atoms with Crippen molar-refractivity contribution >= 4 is 11.3 Å². The van der Waals surface area contributed by atoms with Gasteiger partial charge in [0.2, 0.25) is 0 Å². The molecule has 0 saturated heterocycles. The van der Waals surface area contributed by atoms with E-state index in [9.17, 15) is 0 Å². The van der Waals surface area contributed by atoms with Crippen LogP contribution >= 0.6 is 0 Å². The summed E-state index contributed by atoms with van der Waals surface area (Å²) < 4.78 is 5.38. The molecule has 1 rings (SSSR count). The van der Waals surface area contributed by atoms with Gasteiger partial charge in [-0.3, -0.25) is 0 Å². The molecule has 0 heterocycles. The number of benzene rings is 1. The minimum Gasteiger partial charge on any atom is -0.360 e. The highest BCUT2D eigenvalue weighted by molar-refractivity contribution is 5.74. The molecule has 0 bridgehead atoms. The Morgan fingerprint density at radius 1 is 1.38 bits per heavy atom. The van der Waals surface area contributed by atoms with Crippen LogP contribution in [0.2, 0.25) is 0 Å². The van der Waals surface area contributed by atoms with Crippen LogP contribution in [0.15, 0.2) is 24.8 Å². The summed E-state index contributed by atoms with van der Waals surface area (Å²) in [5, 5.41) is 3.38. The monoisotopic (exact) mass is 219 g/mol. The van der Waals surface area contributed by atoms with Crippen LogP contribution in [-0.4, -0.2) is 12.8 Å². The van der Waals surface area contributed by atoms with Gasteiger partial charge >= 0.3 is 0 Å². The fourth-order valence-electron chi connectivity index (χ4n) is 1.51. The number of rotatable bonds is 4. The SMILES string of the molecule is C=C(C)c1ccc(C)cc1NC(C)(C)OC. The third-order valence-electron chi connectivity index (χ3n) is 2.58. The van der Waals surface area contributed by atoms with Crippen molar-refractivity contribution in [2.24, 2.45) is 0 Å². The molecule has 0 atom stereocenters. The Morgan fingerprint density at radius 2 is 2.00 bits per heavy atom. The summed E-state index contributed by atoms with van der Waals surface area (Å²) >= 11 is 0. The molecule has 16 heavy (non-hydrogen) atoms. The summed E-state index contributed by atoms with van der Waals surface area (Å²) in [5.41, 5.74) is 4.10. The van der Waals surface area contributed by atoms with Gasteiger partial charge in [0.1, 0.15) is 5.72 Å². The molecule has 0 spiro atoms. The van der Waals surface area contributed by atoms with Gasteiger partial charge in [0, 0.05) is 18.4 Å². The average Bonchev–Trinajstić information content (AvgIpc) is 2.16. The molecule has 0 saturated carbocycles. The number of allylic oxidation sites excluding steroid dienone is 1. The highest BCUT2D eigenvalue weighted by Crippen LogP contribution is 2.26. The second kappa shape index (κ2) is 4.71. The summed E-state index contributed by atoms with van der Waals surface area (Å²) in [7, 11) is 1.70. The molecule has 1 N–H and O–H groups in total. The number of ether oxygens (including phenoxy) is 1. The van der Waals surface area contributed by atoms with Crippen LogP contribution < -0.4 is 5.32 Å². The number of nitrogens with one attached hydrogen (secondary N) is 1. The summed E-state index contributed by atoms with van der Waals surface area (Å²) in [5.74, 6) is 0. The number of methoxy groups -OCH3 is 1. The molecule has 0 unspecified atom stereocenters. The van der Waals surface area contributed by atoms with Crippen molar-refractivity contribution in [1.29, 1.82) is 0 Å². The standard InChI is InChI=1S/C14H21NO/c1-10(2)12-8-7-11(3)9-13(12)15-14(4,5)16-6/h7-9,15H,1H2,2-6H3. The van der Waals surface area contributed by atoms with Crippen LogP contribution in [0.5, 0.6) is 0 Å². The Kier molecular flexibility index (Phi) is 3.76. The lowest BCUT2D eigenvalue weighted by molar-refractivity contribution is 0.0480. The van der Waals surface area contributed by atoms with Gasteiger partial charge in [-0.25, -0.2) is 0 Å². The number of anilines is 1. The second-order valence-electron chi connectivity index (χ2n) is 4.67. The third kappa shape index (κ3) is 3.11. The van der Waals surface area contributed by atoms with Crippen LogP contribution in [0, 0.1) is 6.92 Å². The van der Waals surface area contributed by atoms with Crippen molar-refractivity contribution < 1.29 is 4.74 Å². The number of hydrogen-bond donors (Lipinski definition) is 1. The third-order valence-corrected chi connectivity index (χ3v) is 2.58. The first-order chi connectivity index (χ1) is 7.35. The first-order valence-corrected chi connectivity index (χ1v) is 5.45. The summed E-state index contributed by atoms with van der Waals surface area (Å²) in [6.45, 7) is 12.1. The molecule has 2 nitrogen and oxygen atoms in total. The van der Waals surface area contributed by atoms with Crippen LogP contribution in [0.3, 0.4) is 0 Å². The highest BCUT2D eigenvalue weighted by Gasteiger charge is 2.17. The first kappa shape index (κ1) is 12.8. The van der Waals surface area contributed by atoms with Gasteiger partial charge in [-0.05, 0) is 44.9 Å². The molecule has 0 fully saturated rings. The molecule has 1 aromatic rings. The maximum absolute atomic E-state index is 5.38. The van der Waals surface area contributed by atoms with Gasteiger partial charge in [0.05, 0.1) is 0 Å². The van der Waals surface area contributed by atoms with Gasteiger partial charge in [-0.1, -0.05) is 18.7 Å². The fraction of sp³-hybridized carbons (Fsp3) is 0.429. The van der Waals surface area contributed by atoms with E-state index in [2.05, 4.69) is 37.0 Å². The molecule has 0 aromatic heterocycles. The van der Waals surface area contributed by atoms with E-state index in [1.165, 1.54) is 5.56 Å². The fourth-order valence-corrected chi connectivity index (χ4v) is 1.51. The molecule has 0 aliphatic rings. The zero-order valence-corrected chi connectivity index (χ0v) is 10.8. The predicted octanol–water partition coefficient (Wildman–Crippen LogP) is 3.82. The lowest BCUT2D eigenvalue weighted by Crippen LogP contribution is -2.33. The van der Waals surface area contributed by atoms with Crippen LogP contribution in [-0.2, 0) is 4.74 Å². The molecule has 0 amide bonds. The molecule has 88 valence electrons. The van der Waals surface area contributed by atoms with Gasteiger partial charge in [0.15, 0.2) is 0 Å². The van der Waals surface area contributed by atoms with E-state index in [-0.39, 0.29) is 5.72 Å². The Hall–Kier alpha value is -1.28. The van der Waals surface area contributed by atoms with Crippen molar-refractivity contribution in [2.45, 2.75) is 33.4 Å². The molecule has 2 heteroatoms. The molecular weight excluding hydrogens is 198 g/mol. The zero-order valence-electron chi connectivity index (χ0n) is 10.8. The lowest BCUT2D eigenvalue weighted by atomic mass is 10.0. The van der Waals surface area contributed by atoms with E-state index in [0.717, 1.165) is 16.8 Å². The minimum absolute atomic E-state index is 0.377. The van der Waals surface area contributed by atoms with Crippen LogP contribution in [0.25, 0.3) is 5.57 Å². The second-order valence-corrected chi connectivity index (χ2v) is 4.67. The normalized spacial score (nSPS) is 11.3. The number of hydrogen-bond acceptors (Lipinski definition) is 2. The highest BCUT2D eigenvalue weighted by atomic mass is 16.5. The quantitative estimate of drug-likeness (QED) is 0.777. The summed E-state index contributed by atoms with van der Waals surface area (Å²) in [4.78, 5) is 0. The first-order valence-electron chi connectivity index (χ1n) is 5.45. The van der Waals surface area contributed by atoms with E-state index in [4.69, 9.17) is 4.74 Å². The molecule has 0 aliphatic carbocycles. The average molecular weight is 219 g/mol. The van der Waals surface area contributed by atoms with Crippen LogP contribution in [0.1, 0.15) is 31.9 Å². The number of aryl methyl sites for hydroxylation is 1. The largest absolute Gasteiger partial charge is 0.360 e. The molecule has 0 aliphatic heterocycles. The predicted molar refractivity (Wildman–Crippen MR) is 70.6 cm³/mol. The van der Waals surface area contributed by atoms with E-state index < -0.39 is 0 Å². The Morgan fingerprint density at radius 3 is 2.50 bits per heavy atom. The van der Waals surface area contributed by atoms with Crippen molar-refractivity contribution in [1.82, 2.24) is 0 Å². The minimum atomic E-state index is -0.377. The van der Waals surface area contributed by atoms with E-state index in [1.54, 1.807) is 7.11 Å². The maximum atomic E-state index is 5.38. The van der Waals surface area contributed by atoms with E-state index >= 15 is 0 Å². The van der Waals surface area contributed by atoms with E-state index in [0.29, 0.717) is 0 Å². The topological polar surface area (TPSA) is 21.3 Å². The lowest BCUT2D eigenvalue weighted by Gasteiger charge is -2.27. The van der Waals surface area contributed by atoms with Gasteiger partial charge in [-0.2, -0.15) is 0 Å². The molecular formula is C14H21NO. The van der Waals surface area contributed by atoms with Crippen molar-refractivity contribution in [2.75, 3.05) is 12.4 Å². The zero-order chi connectivity index (χ0) is 12.3. The summed E-state index contributed by atoms with van der Waals surface area (Å²) in [6.07, 6.45) is 0. The van der Waals surface area contributed by atoms with Crippen molar-refractivity contribution in [3.8, 4) is 0 Å². The van der Waals surface area contributed by atoms with Crippen molar-refractivity contribution in [3.63, 3.8) is 0 Å². The Bertz CT molecular complexity index is 394.